The molecule has 0 aromatic heterocycles. The molecular weight excluding hydrogens is 314 g/mol. The van der Waals surface area contributed by atoms with E-state index in [0.717, 1.165) is 6.41 Å². The first kappa shape index (κ1) is 18.4. The Bertz CT molecular complexity index is 598. The van der Waals surface area contributed by atoms with Gasteiger partial charge in [0.1, 0.15) is 0 Å². The number of carbonyl (C=O) groups excluding carboxylic acids is 1. The molecule has 1 amide bonds. The van der Waals surface area contributed by atoms with Crippen molar-refractivity contribution in [2.75, 3.05) is 6.54 Å². The van der Waals surface area contributed by atoms with Crippen molar-refractivity contribution in [3.8, 4) is 0 Å². The third-order valence-corrected chi connectivity index (χ3v) is 9.44. The maximum absolute atomic E-state index is 10.7. The number of benzene rings is 2. The molecule has 2 aromatic rings. The van der Waals surface area contributed by atoms with E-state index < -0.39 is 8.32 Å². The lowest BCUT2D eigenvalue weighted by molar-refractivity contribution is -0.109. The highest BCUT2D eigenvalue weighted by Crippen LogP contribution is 2.37. The minimum atomic E-state index is -2.52. The van der Waals surface area contributed by atoms with Crippen molar-refractivity contribution in [2.45, 2.75) is 38.8 Å². The van der Waals surface area contributed by atoms with Gasteiger partial charge in [-0.3, -0.25) is 4.79 Å². The Morgan fingerprint density at radius 3 is 1.83 bits per heavy atom. The molecule has 2 aromatic carbocycles. The minimum Gasteiger partial charge on any atom is -0.403 e. The maximum atomic E-state index is 10.7. The van der Waals surface area contributed by atoms with Gasteiger partial charge < -0.3 is 9.74 Å². The number of amides is 1. The fourth-order valence-corrected chi connectivity index (χ4v) is 7.95. The summed E-state index contributed by atoms with van der Waals surface area (Å²) in [6, 6.07) is 21.0. The lowest BCUT2D eigenvalue weighted by atomic mass is 10.2. The summed E-state index contributed by atoms with van der Waals surface area (Å²) < 4.78 is 6.79. The fourth-order valence-electron chi connectivity index (χ4n) is 3.25. The predicted molar refractivity (Wildman–Crippen MR) is 102 cm³/mol. The van der Waals surface area contributed by atoms with Gasteiger partial charge in [0.05, 0.1) is 6.10 Å². The molecule has 1 atom stereocenters. The summed E-state index contributed by atoms with van der Waals surface area (Å²) in [5.41, 5.74) is 0. The van der Waals surface area contributed by atoms with Gasteiger partial charge in [-0.25, -0.2) is 0 Å². The lowest BCUT2D eigenvalue weighted by Gasteiger charge is -2.44. The van der Waals surface area contributed by atoms with Crippen LogP contribution in [-0.4, -0.2) is 27.4 Å². The lowest BCUT2D eigenvalue weighted by Crippen LogP contribution is -2.68. The van der Waals surface area contributed by atoms with E-state index >= 15 is 0 Å². The molecule has 1 N–H and O–H groups in total. The van der Waals surface area contributed by atoms with Crippen molar-refractivity contribution in [1.29, 1.82) is 0 Å². The molecule has 0 saturated heterocycles. The van der Waals surface area contributed by atoms with Crippen molar-refractivity contribution < 1.29 is 9.22 Å². The second kappa shape index (κ2) is 7.77. The highest BCUT2D eigenvalue weighted by Gasteiger charge is 2.50. The molecule has 0 aliphatic rings. The fraction of sp³-hybridized carbons (Fsp3) is 0.350. The Balaban J connectivity index is 2.59. The van der Waals surface area contributed by atoms with Crippen molar-refractivity contribution in [3.63, 3.8) is 0 Å². The van der Waals surface area contributed by atoms with Gasteiger partial charge in [0.15, 0.2) is 0 Å². The summed E-state index contributed by atoms with van der Waals surface area (Å²) in [5, 5.41) is 5.19. The molecule has 0 spiro atoms. The zero-order valence-corrected chi connectivity index (χ0v) is 16.0. The molecule has 0 aliphatic heterocycles. The summed E-state index contributed by atoms with van der Waals surface area (Å²) in [7, 11) is -2.52. The largest absolute Gasteiger partial charge is 0.403 e. The standard InChI is InChI=1S/C20H27NO2Si/c1-17(15-21-16-22)23-24(20(2,3)4,18-11-7-5-8-12-18)19-13-9-6-10-14-19/h5-14,16-17H,15H2,1-4H3,(H,21,22)/t17-/m1/s1. The van der Waals surface area contributed by atoms with Crippen LogP contribution in [0.1, 0.15) is 27.7 Å². The van der Waals surface area contributed by atoms with E-state index in [-0.39, 0.29) is 11.1 Å². The van der Waals surface area contributed by atoms with Crippen molar-refractivity contribution in [2.24, 2.45) is 0 Å². The summed E-state index contributed by atoms with van der Waals surface area (Å²) in [6.07, 6.45) is 0.659. The summed E-state index contributed by atoms with van der Waals surface area (Å²) in [6.45, 7) is 9.28. The van der Waals surface area contributed by atoms with Crippen LogP contribution in [0.15, 0.2) is 60.7 Å². The second-order valence-electron chi connectivity index (χ2n) is 7.12. The van der Waals surface area contributed by atoms with E-state index in [1.54, 1.807) is 0 Å². The summed E-state index contributed by atoms with van der Waals surface area (Å²) in [5.74, 6) is 0. The molecular formula is C20H27NO2Si. The third-order valence-electron chi connectivity index (χ3n) is 4.28. The third kappa shape index (κ3) is 3.76. The van der Waals surface area contributed by atoms with E-state index in [4.69, 9.17) is 4.43 Å². The van der Waals surface area contributed by atoms with E-state index in [0.29, 0.717) is 6.54 Å². The van der Waals surface area contributed by atoms with Crippen LogP contribution in [0.2, 0.25) is 5.04 Å². The van der Waals surface area contributed by atoms with E-state index in [9.17, 15) is 4.79 Å². The van der Waals surface area contributed by atoms with Gasteiger partial charge in [0.2, 0.25) is 6.41 Å². The van der Waals surface area contributed by atoms with Gasteiger partial charge in [-0.2, -0.15) is 0 Å². The van der Waals surface area contributed by atoms with Gasteiger partial charge in [-0.05, 0) is 22.3 Å². The van der Waals surface area contributed by atoms with Gasteiger partial charge in [-0.15, -0.1) is 0 Å². The SMILES string of the molecule is C[C@H](CNC=O)O[Si](c1ccccc1)(c1ccccc1)C(C)(C)C. The molecule has 128 valence electrons. The van der Waals surface area contributed by atoms with Gasteiger partial charge >= 0.3 is 0 Å². The van der Waals surface area contributed by atoms with Gasteiger partial charge in [-0.1, -0.05) is 81.4 Å². The van der Waals surface area contributed by atoms with Crippen LogP contribution >= 0.6 is 0 Å². The Kier molecular flexibility index (Phi) is 5.97. The van der Waals surface area contributed by atoms with Gasteiger partial charge in [0.25, 0.3) is 8.32 Å². The number of nitrogens with one attached hydrogen (secondary N) is 1. The molecule has 0 radical (unpaired) electrons. The van der Waals surface area contributed by atoms with Crippen LogP contribution in [0.3, 0.4) is 0 Å². The smallest absolute Gasteiger partial charge is 0.261 e. The zero-order valence-electron chi connectivity index (χ0n) is 15.0. The monoisotopic (exact) mass is 341 g/mol. The van der Waals surface area contributed by atoms with E-state index in [2.05, 4.69) is 74.6 Å². The van der Waals surface area contributed by atoms with Crippen molar-refractivity contribution in [3.05, 3.63) is 60.7 Å². The topological polar surface area (TPSA) is 38.3 Å². The highest BCUT2D eigenvalue weighted by molar-refractivity contribution is 6.99. The molecule has 0 unspecified atom stereocenters. The summed E-state index contributed by atoms with van der Waals surface area (Å²) in [4.78, 5) is 10.7. The van der Waals surface area contributed by atoms with Crippen LogP contribution in [0.5, 0.6) is 0 Å². The first-order chi connectivity index (χ1) is 11.4. The number of hydrogen-bond donors (Lipinski definition) is 1. The average Bonchev–Trinajstić information content (AvgIpc) is 2.58. The minimum absolute atomic E-state index is 0.0505. The predicted octanol–water partition coefficient (Wildman–Crippen LogP) is 2.70. The molecule has 0 aliphatic carbocycles. The quantitative estimate of drug-likeness (QED) is 0.621. The molecule has 0 heterocycles. The molecule has 2 rings (SSSR count). The van der Waals surface area contributed by atoms with Gasteiger partial charge in [0, 0.05) is 6.54 Å². The van der Waals surface area contributed by atoms with Crippen molar-refractivity contribution >= 4 is 25.1 Å². The molecule has 0 bridgehead atoms. The van der Waals surface area contributed by atoms with E-state index in [1.807, 2.05) is 19.1 Å². The Hall–Kier alpha value is -1.91. The maximum Gasteiger partial charge on any atom is 0.261 e. The molecule has 3 nitrogen and oxygen atoms in total. The first-order valence-electron chi connectivity index (χ1n) is 8.37. The van der Waals surface area contributed by atoms with Crippen LogP contribution < -0.4 is 15.7 Å². The number of hydrogen-bond acceptors (Lipinski definition) is 2. The highest BCUT2D eigenvalue weighted by atomic mass is 28.4. The van der Waals surface area contributed by atoms with Crippen molar-refractivity contribution in [1.82, 2.24) is 5.32 Å². The van der Waals surface area contributed by atoms with Crippen LogP contribution in [0.4, 0.5) is 0 Å². The Labute approximate surface area is 146 Å². The first-order valence-corrected chi connectivity index (χ1v) is 10.3. The van der Waals surface area contributed by atoms with Crippen LogP contribution in [0, 0.1) is 0 Å². The Morgan fingerprint density at radius 1 is 1.00 bits per heavy atom. The van der Waals surface area contributed by atoms with E-state index in [1.165, 1.54) is 10.4 Å². The number of rotatable bonds is 7. The number of carbonyl (C=O) groups is 1. The Morgan fingerprint density at radius 2 is 1.46 bits per heavy atom. The summed E-state index contributed by atoms with van der Waals surface area (Å²) >= 11 is 0. The van der Waals surface area contributed by atoms with Crippen LogP contribution in [-0.2, 0) is 9.22 Å². The molecule has 0 fully saturated rings. The average molecular weight is 342 g/mol. The molecule has 4 heteroatoms. The normalized spacial score (nSPS) is 13.3. The zero-order chi connectivity index (χ0) is 17.6. The second-order valence-corrected chi connectivity index (χ2v) is 11.4. The molecule has 0 saturated carbocycles. The van der Waals surface area contributed by atoms with Crippen LogP contribution in [0.25, 0.3) is 0 Å². The molecule has 24 heavy (non-hydrogen) atoms.